The molecule has 1 aromatic carbocycles. The van der Waals surface area contributed by atoms with E-state index in [0.29, 0.717) is 11.4 Å². The molecule has 3 heteroatoms. The number of aryl methyl sites for hydroxylation is 3. The Morgan fingerprint density at radius 3 is 2.00 bits per heavy atom. The van der Waals surface area contributed by atoms with Crippen molar-refractivity contribution in [1.29, 1.82) is 0 Å². The molecule has 0 amide bonds. The van der Waals surface area contributed by atoms with Crippen LogP contribution in [0.25, 0.3) is 11.0 Å². The zero-order valence-corrected chi connectivity index (χ0v) is 9.96. The lowest BCUT2D eigenvalue weighted by atomic mass is 10.1. The van der Waals surface area contributed by atoms with Crippen LogP contribution in [0.15, 0.2) is 12.1 Å². The number of ketones is 1. The largest absolute Gasteiger partial charge is 0.293 e. The lowest BCUT2D eigenvalue weighted by Crippen LogP contribution is -2.03. The summed E-state index contributed by atoms with van der Waals surface area (Å²) >= 11 is 0. The summed E-state index contributed by atoms with van der Waals surface area (Å²) in [6.45, 7) is 7.41. The second-order valence-electron chi connectivity index (χ2n) is 4.14. The average Bonchev–Trinajstić information content (AvgIpc) is 2.19. The first-order valence-corrected chi connectivity index (χ1v) is 5.25. The molecule has 0 saturated carbocycles. The molecule has 82 valence electrons. The standard InChI is InChI=1S/C13H14N2O/c1-7-5-11-12(6-8(7)2)15-13(10(4)16)9(3)14-11/h5-6H,1-4H3. The number of Topliss-reactive ketones (excluding diaryl/α,β-unsaturated/α-hetero) is 1. The molecular weight excluding hydrogens is 200 g/mol. The third-order valence-electron chi connectivity index (χ3n) is 2.79. The lowest BCUT2D eigenvalue weighted by Gasteiger charge is -2.06. The average molecular weight is 214 g/mol. The van der Waals surface area contributed by atoms with Gasteiger partial charge in [-0.05, 0) is 44.0 Å². The minimum absolute atomic E-state index is 0.0369. The van der Waals surface area contributed by atoms with Crippen molar-refractivity contribution < 1.29 is 4.79 Å². The number of benzene rings is 1. The highest BCUT2D eigenvalue weighted by Crippen LogP contribution is 2.17. The number of carbonyl (C=O) groups excluding carboxylic acids is 1. The zero-order chi connectivity index (χ0) is 11.9. The molecule has 0 N–H and O–H groups in total. The summed E-state index contributed by atoms with van der Waals surface area (Å²) in [6, 6.07) is 3.98. The van der Waals surface area contributed by atoms with Gasteiger partial charge in [-0.1, -0.05) is 0 Å². The van der Waals surface area contributed by atoms with E-state index in [9.17, 15) is 4.79 Å². The van der Waals surface area contributed by atoms with Crippen molar-refractivity contribution in [3.8, 4) is 0 Å². The van der Waals surface area contributed by atoms with Crippen molar-refractivity contribution in [2.24, 2.45) is 0 Å². The van der Waals surface area contributed by atoms with Crippen LogP contribution in [0.3, 0.4) is 0 Å². The Bertz CT molecular complexity index is 588. The maximum atomic E-state index is 11.4. The van der Waals surface area contributed by atoms with Crippen molar-refractivity contribution in [2.75, 3.05) is 0 Å². The fourth-order valence-corrected chi connectivity index (χ4v) is 1.73. The molecule has 0 aliphatic carbocycles. The first kappa shape index (κ1) is 10.7. The second kappa shape index (κ2) is 3.67. The minimum Gasteiger partial charge on any atom is -0.293 e. The van der Waals surface area contributed by atoms with Gasteiger partial charge in [0.1, 0.15) is 5.69 Å². The molecule has 0 fully saturated rings. The Morgan fingerprint density at radius 1 is 1.00 bits per heavy atom. The SMILES string of the molecule is CC(=O)c1nc2cc(C)c(C)cc2nc1C. The van der Waals surface area contributed by atoms with E-state index in [2.05, 4.69) is 9.97 Å². The summed E-state index contributed by atoms with van der Waals surface area (Å²) in [4.78, 5) is 20.1. The highest BCUT2D eigenvalue weighted by atomic mass is 16.1. The van der Waals surface area contributed by atoms with Crippen LogP contribution in [-0.4, -0.2) is 15.8 Å². The molecular formula is C13H14N2O. The molecule has 1 heterocycles. The van der Waals surface area contributed by atoms with Crippen LogP contribution in [0, 0.1) is 20.8 Å². The summed E-state index contributed by atoms with van der Waals surface area (Å²) in [5.74, 6) is -0.0369. The smallest absolute Gasteiger partial charge is 0.179 e. The predicted octanol–water partition coefficient (Wildman–Crippen LogP) is 2.76. The topological polar surface area (TPSA) is 42.9 Å². The lowest BCUT2D eigenvalue weighted by molar-refractivity contribution is 0.101. The summed E-state index contributed by atoms with van der Waals surface area (Å²) in [6.07, 6.45) is 0. The van der Waals surface area contributed by atoms with Crippen LogP contribution >= 0.6 is 0 Å². The summed E-state index contributed by atoms with van der Waals surface area (Å²) in [7, 11) is 0. The Labute approximate surface area is 94.5 Å². The van der Waals surface area contributed by atoms with Crippen LogP contribution in [-0.2, 0) is 0 Å². The molecule has 0 unspecified atom stereocenters. The summed E-state index contributed by atoms with van der Waals surface area (Å²) in [5, 5.41) is 0. The third kappa shape index (κ3) is 1.69. The van der Waals surface area contributed by atoms with E-state index in [1.165, 1.54) is 18.1 Å². The van der Waals surface area contributed by atoms with Crippen LogP contribution < -0.4 is 0 Å². The third-order valence-corrected chi connectivity index (χ3v) is 2.79. The molecule has 16 heavy (non-hydrogen) atoms. The van der Waals surface area contributed by atoms with E-state index in [1.54, 1.807) is 0 Å². The van der Waals surface area contributed by atoms with Crippen molar-refractivity contribution in [3.63, 3.8) is 0 Å². The van der Waals surface area contributed by atoms with E-state index in [0.717, 1.165) is 11.0 Å². The van der Waals surface area contributed by atoms with Gasteiger partial charge < -0.3 is 0 Å². The molecule has 0 saturated heterocycles. The highest BCUT2D eigenvalue weighted by molar-refractivity contribution is 5.95. The molecule has 2 rings (SSSR count). The van der Waals surface area contributed by atoms with Gasteiger partial charge in [0.2, 0.25) is 0 Å². The molecule has 0 aliphatic heterocycles. The Kier molecular flexibility index (Phi) is 2.46. The van der Waals surface area contributed by atoms with Crippen molar-refractivity contribution in [1.82, 2.24) is 9.97 Å². The molecule has 2 aromatic rings. The number of carbonyl (C=O) groups is 1. The Morgan fingerprint density at radius 2 is 1.50 bits per heavy atom. The molecule has 0 atom stereocenters. The van der Waals surface area contributed by atoms with Crippen molar-refractivity contribution in [2.45, 2.75) is 27.7 Å². The quantitative estimate of drug-likeness (QED) is 0.685. The normalized spacial score (nSPS) is 10.8. The molecule has 0 aliphatic rings. The maximum absolute atomic E-state index is 11.4. The molecule has 1 aromatic heterocycles. The van der Waals surface area contributed by atoms with Crippen LogP contribution in [0.1, 0.15) is 34.2 Å². The Hall–Kier alpha value is -1.77. The van der Waals surface area contributed by atoms with Crippen LogP contribution in [0.4, 0.5) is 0 Å². The van der Waals surface area contributed by atoms with E-state index < -0.39 is 0 Å². The van der Waals surface area contributed by atoms with Gasteiger partial charge in [0.25, 0.3) is 0 Å². The van der Waals surface area contributed by atoms with Crippen molar-refractivity contribution >= 4 is 16.8 Å². The molecule has 0 spiro atoms. The van der Waals surface area contributed by atoms with Crippen LogP contribution in [0.5, 0.6) is 0 Å². The second-order valence-corrected chi connectivity index (χ2v) is 4.14. The number of aromatic nitrogens is 2. The van der Waals surface area contributed by atoms with Crippen LogP contribution in [0.2, 0.25) is 0 Å². The van der Waals surface area contributed by atoms with Gasteiger partial charge in [-0.25, -0.2) is 9.97 Å². The Balaban J connectivity index is 2.79. The molecule has 0 bridgehead atoms. The van der Waals surface area contributed by atoms with Gasteiger partial charge >= 0.3 is 0 Å². The van der Waals surface area contributed by atoms with Crippen molar-refractivity contribution in [3.05, 3.63) is 34.6 Å². The number of hydrogen-bond donors (Lipinski definition) is 0. The van der Waals surface area contributed by atoms with Gasteiger partial charge in [0, 0.05) is 6.92 Å². The number of nitrogens with zero attached hydrogens (tertiary/aromatic N) is 2. The minimum atomic E-state index is -0.0369. The van der Waals surface area contributed by atoms with Gasteiger partial charge in [0.05, 0.1) is 16.7 Å². The van der Waals surface area contributed by atoms with E-state index in [-0.39, 0.29) is 5.78 Å². The maximum Gasteiger partial charge on any atom is 0.179 e. The summed E-state index contributed by atoms with van der Waals surface area (Å²) < 4.78 is 0. The fourth-order valence-electron chi connectivity index (χ4n) is 1.73. The molecule has 0 radical (unpaired) electrons. The fraction of sp³-hybridized carbons (Fsp3) is 0.308. The van der Waals surface area contributed by atoms with E-state index in [4.69, 9.17) is 0 Å². The van der Waals surface area contributed by atoms with E-state index >= 15 is 0 Å². The number of rotatable bonds is 1. The van der Waals surface area contributed by atoms with Gasteiger partial charge in [0.15, 0.2) is 5.78 Å². The zero-order valence-electron chi connectivity index (χ0n) is 9.96. The van der Waals surface area contributed by atoms with Gasteiger partial charge in [-0.15, -0.1) is 0 Å². The summed E-state index contributed by atoms with van der Waals surface area (Å²) in [5.41, 5.74) is 5.17. The highest BCUT2D eigenvalue weighted by Gasteiger charge is 2.09. The van der Waals surface area contributed by atoms with Gasteiger partial charge in [-0.2, -0.15) is 0 Å². The monoisotopic (exact) mass is 214 g/mol. The first-order valence-electron chi connectivity index (χ1n) is 5.25. The molecule has 3 nitrogen and oxygen atoms in total. The van der Waals surface area contributed by atoms with E-state index in [1.807, 2.05) is 32.9 Å². The predicted molar refractivity (Wildman–Crippen MR) is 63.8 cm³/mol. The first-order chi connectivity index (χ1) is 7.49. The van der Waals surface area contributed by atoms with Gasteiger partial charge in [-0.3, -0.25) is 4.79 Å². The number of hydrogen-bond acceptors (Lipinski definition) is 3. The number of fused-ring (bicyclic) bond motifs is 1.